The lowest BCUT2D eigenvalue weighted by molar-refractivity contribution is -0.142. The van der Waals surface area contributed by atoms with Gasteiger partial charge in [-0.05, 0) is 28.3 Å². The molecule has 212 valence electrons. The molecule has 42 heavy (non-hydrogen) atoms. The van der Waals surface area contributed by atoms with Crippen molar-refractivity contribution in [1.82, 2.24) is 15.6 Å². The van der Waals surface area contributed by atoms with Crippen molar-refractivity contribution in [2.24, 2.45) is 5.73 Å². The number of carboxylic acids is 1. The van der Waals surface area contributed by atoms with Crippen LogP contribution in [-0.2, 0) is 26.3 Å². The van der Waals surface area contributed by atoms with Crippen LogP contribution in [0.15, 0.2) is 121 Å². The van der Waals surface area contributed by atoms with E-state index in [2.05, 4.69) is 15.6 Å². The number of aliphatic carboxylic acids is 1. The first-order valence-electron chi connectivity index (χ1n) is 13.7. The zero-order chi connectivity index (χ0) is 29.5. The number of benzene rings is 4. The summed E-state index contributed by atoms with van der Waals surface area (Å²) in [6, 6.07) is 33.8. The number of carbonyl (C=O) groups is 3. The van der Waals surface area contributed by atoms with Crippen LogP contribution < -0.4 is 16.4 Å². The minimum atomic E-state index is -1.27. The Balaban J connectivity index is 1.36. The molecule has 8 nitrogen and oxygen atoms in total. The number of hydrogen-bond acceptors (Lipinski definition) is 4. The van der Waals surface area contributed by atoms with Crippen molar-refractivity contribution in [3.8, 4) is 0 Å². The third-order valence-electron chi connectivity index (χ3n) is 7.40. The zero-order valence-corrected chi connectivity index (χ0v) is 22.9. The topological polar surface area (TPSA) is 137 Å². The molecule has 0 spiro atoms. The predicted molar refractivity (Wildman–Crippen MR) is 162 cm³/mol. The molecule has 0 saturated carbocycles. The highest BCUT2D eigenvalue weighted by Gasteiger charge is 2.38. The molecule has 8 heteroatoms. The van der Waals surface area contributed by atoms with Crippen molar-refractivity contribution < 1.29 is 19.5 Å². The molecule has 2 atom stereocenters. The predicted octanol–water partition coefficient (Wildman–Crippen LogP) is 4.11. The maximum Gasteiger partial charge on any atom is 0.326 e. The van der Waals surface area contributed by atoms with E-state index in [0.717, 1.165) is 33.2 Å². The van der Waals surface area contributed by atoms with Gasteiger partial charge in [-0.2, -0.15) is 0 Å². The van der Waals surface area contributed by atoms with Gasteiger partial charge in [0.1, 0.15) is 11.6 Å². The van der Waals surface area contributed by atoms with E-state index < -0.39 is 35.4 Å². The number of rotatable bonds is 11. The van der Waals surface area contributed by atoms with Crippen molar-refractivity contribution in [2.45, 2.75) is 30.5 Å². The molecule has 0 bridgehead atoms. The number of para-hydroxylation sites is 1. The van der Waals surface area contributed by atoms with Crippen molar-refractivity contribution in [2.75, 3.05) is 0 Å². The Hall–Kier alpha value is -5.21. The number of amides is 2. The molecule has 2 amide bonds. The van der Waals surface area contributed by atoms with Gasteiger partial charge in [0.25, 0.3) is 0 Å². The maximum absolute atomic E-state index is 13.6. The molecule has 1 aromatic heterocycles. The van der Waals surface area contributed by atoms with Gasteiger partial charge in [-0.25, -0.2) is 4.79 Å². The van der Waals surface area contributed by atoms with E-state index >= 15 is 0 Å². The number of nitrogens with one attached hydrogen (secondary N) is 3. The largest absolute Gasteiger partial charge is 0.480 e. The fourth-order valence-electron chi connectivity index (χ4n) is 5.33. The Morgan fingerprint density at radius 2 is 1.26 bits per heavy atom. The Labute approximate surface area is 243 Å². The van der Waals surface area contributed by atoms with Crippen molar-refractivity contribution >= 4 is 28.7 Å². The molecule has 0 unspecified atom stereocenters. The molecular weight excluding hydrogens is 528 g/mol. The summed E-state index contributed by atoms with van der Waals surface area (Å²) < 4.78 is 0. The van der Waals surface area contributed by atoms with Crippen molar-refractivity contribution in [3.05, 3.63) is 144 Å². The highest BCUT2D eigenvalue weighted by atomic mass is 16.4. The molecule has 6 N–H and O–H groups in total. The van der Waals surface area contributed by atoms with Gasteiger partial charge in [0.15, 0.2) is 0 Å². The average Bonchev–Trinajstić information content (AvgIpc) is 3.43. The van der Waals surface area contributed by atoms with Gasteiger partial charge in [-0.3, -0.25) is 9.59 Å². The normalized spacial score (nSPS) is 12.8. The van der Waals surface area contributed by atoms with E-state index in [0.29, 0.717) is 0 Å². The Morgan fingerprint density at radius 1 is 0.762 bits per heavy atom. The second-order valence-corrected chi connectivity index (χ2v) is 10.2. The lowest BCUT2D eigenvalue weighted by Crippen LogP contribution is -2.53. The van der Waals surface area contributed by atoms with Crippen LogP contribution in [0, 0.1) is 0 Å². The van der Waals surface area contributed by atoms with E-state index in [4.69, 9.17) is 5.73 Å². The van der Waals surface area contributed by atoms with Gasteiger partial charge in [0, 0.05) is 23.5 Å². The molecule has 4 aromatic carbocycles. The molecule has 5 rings (SSSR count). The van der Waals surface area contributed by atoms with E-state index in [1.165, 1.54) is 0 Å². The molecule has 0 fully saturated rings. The molecule has 0 aliphatic heterocycles. The summed E-state index contributed by atoms with van der Waals surface area (Å²) in [4.78, 5) is 41.9. The minimum Gasteiger partial charge on any atom is -0.480 e. The van der Waals surface area contributed by atoms with Crippen LogP contribution in [0.3, 0.4) is 0 Å². The summed E-state index contributed by atoms with van der Waals surface area (Å²) in [7, 11) is 0. The number of fused-ring (bicyclic) bond motifs is 1. The smallest absolute Gasteiger partial charge is 0.326 e. The molecule has 5 aromatic rings. The van der Waals surface area contributed by atoms with Crippen LogP contribution in [0.1, 0.15) is 28.7 Å². The van der Waals surface area contributed by atoms with E-state index in [1.54, 1.807) is 6.20 Å². The highest BCUT2D eigenvalue weighted by molar-refractivity contribution is 5.92. The van der Waals surface area contributed by atoms with Crippen LogP contribution in [0.2, 0.25) is 0 Å². The number of aromatic amines is 1. The van der Waals surface area contributed by atoms with Crippen LogP contribution in [0.5, 0.6) is 0 Å². The lowest BCUT2D eigenvalue weighted by atomic mass is 9.77. The summed E-state index contributed by atoms with van der Waals surface area (Å²) in [5.74, 6) is -2.37. The Bertz CT molecular complexity index is 1570. The fourth-order valence-corrected chi connectivity index (χ4v) is 5.33. The number of hydrogen-bond donors (Lipinski definition) is 5. The van der Waals surface area contributed by atoms with E-state index in [9.17, 15) is 19.5 Å². The summed E-state index contributed by atoms with van der Waals surface area (Å²) in [6.45, 7) is 0. The monoisotopic (exact) mass is 560 g/mol. The molecule has 0 radical (unpaired) electrons. The number of nitrogens with two attached hydrogens (primary N) is 1. The van der Waals surface area contributed by atoms with E-state index in [-0.39, 0.29) is 12.8 Å². The van der Waals surface area contributed by atoms with Gasteiger partial charge in [0.05, 0.1) is 12.5 Å². The first-order chi connectivity index (χ1) is 20.4. The quantitative estimate of drug-likeness (QED) is 0.155. The third-order valence-corrected chi connectivity index (χ3v) is 7.40. The van der Waals surface area contributed by atoms with Gasteiger partial charge in [-0.1, -0.05) is 109 Å². The second-order valence-electron chi connectivity index (χ2n) is 10.2. The molecule has 1 heterocycles. The first-order valence-corrected chi connectivity index (χ1v) is 13.7. The number of H-pyrrole nitrogens is 1. The highest BCUT2D eigenvalue weighted by Crippen LogP contribution is 2.36. The Morgan fingerprint density at radius 3 is 1.79 bits per heavy atom. The SMILES string of the molecule is N[C@@H](CC(=O)NC(c1ccccc1)(c1ccccc1)c1ccccc1)C(=O)N[C@@H](Cc1c[nH]c2ccccc12)C(=O)O. The van der Waals surface area contributed by atoms with E-state index in [1.807, 2.05) is 115 Å². The van der Waals surface area contributed by atoms with Crippen LogP contribution in [0.25, 0.3) is 10.9 Å². The number of carboxylic acid groups (broad SMARTS) is 1. The maximum atomic E-state index is 13.6. The zero-order valence-electron chi connectivity index (χ0n) is 22.9. The van der Waals surface area contributed by atoms with Gasteiger partial charge in [-0.15, -0.1) is 0 Å². The van der Waals surface area contributed by atoms with Crippen LogP contribution in [-0.4, -0.2) is 40.0 Å². The van der Waals surface area contributed by atoms with Crippen LogP contribution in [0.4, 0.5) is 0 Å². The third kappa shape index (κ3) is 5.94. The molecule has 0 aliphatic rings. The molecular formula is C34H32N4O4. The summed E-state index contributed by atoms with van der Waals surface area (Å²) in [6.07, 6.45) is 1.44. The fraction of sp³-hybridized carbons (Fsp3) is 0.147. The number of carbonyl (C=O) groups excluding carboxylic acids is 2. The summed E-state index contributed by atoms with van der Waals surface area (Å²) in [5.41, 5.74) is 9.25. The average molecular weight is 561 g/mol. The summed E-state index contributed by atoms with van der Waals surface area (Å²) >= 11 is 0. The number of aromatic nitrogens is 1. The lowest BCUT2D eigenvalue weighted by Gasteiger charge is -2.37. The molecule has 0 saturated heterocycles. The molecule has 0 aliphatic carbocycles. The summed E-state index contributed by atoms with van der Waals surface area (Å²) in [5, 5.41) is 16.4. The second kappa shape index (κ2) is 12.5. The van der Waals surface area contributed by atoms with Crippen LogP contribution >= 0.6 is 0 Å². The van der Waals surface area contributed by atoms with Gasteiger partial charge in [0.2, 0.25) is 11.8 Å². The minimum absolute atomic E-state index is 0.0587. The Kier molecular flexibility index (Phi) is 8.45. The van der Waals surface area contributed by atoms with Crippen molar-refractivity contribution in [1.29, 1.82) is 0 Å². The van der Waals surface area contributed by atoms with Crippen molar-refractivity contribution in [3.63, 3.8) is 0 Å². The van der Waals surface area contributed by atoms with Gasteiger partial charge < -0.3 is 26.5 Å². The standard InChI is InChI=1S/C34H32N4O4/c35-28(32(40)37-30(33(41)42)20-23-22-36-29-19-11-10-18-27(23)29)21-31(39)38-34(24-12-4-1-5-13-24,25-14-6-2-7-15-25)26-16-8-3-9-17-26/h1-19,22,28,30,36H,20-21,35H2,(H,37,40)(H,38,39)(H,41,42)/t28-,30-/m0/s1. The first kappa shape index (κ1) is 28.3. The van der Waals surface area contributed by atoms with Gasteiger partial charge >= 0.3 is 5.97 Å².